The van der Waals surface area contributed by atoms with Gasteiger partial charge in [-0.3, -0.25) is 0 Å². The number of imidazole rings is 1. The van der Waals surface area contributed by atoms with E-state index >= 15 is 0 Å². The second kappa shape index (κ2) is 4.08. The number of rotatable bonds is 3. The first-order valence-corrected chi connectivity index (χ1v) is 4.55. The van der Waals surface area contributed by atoms with Crippen LogP contribution in [0.5, 0.6) is 0 Å². The summed E-state index contributed by atoms with van der Waals surface area (Å²) in [4.78, 5) is 4.20. The summed E-state index contributed by atoms with van der Waals surface area (Å²) in [5.41, 5.74) is 1.62. The molecule has 0 radical (unpaired) electrons. The Balaban J connectivity index is 2.73. The summed E-state index contributed by atoms with van der Waals surface area (Å²) in [7, 11) is 1.85. The summed E-state index contributed by atoms with van der Waals surface area (Å²) < 4.78 is 1.77. The van der Waals surface area contributed by atoms with E-state index in [0.717, 1.165) is 18.5 Å². The topological polar surface area (TPSA) is 41.6 Å². The van der Waals surface area contributed by atoms with Crippen molar-refractivity contribution in [1.29, 1.82) is 5.26 Å². The van der Waals surface area contributed by atoms with Crippen LogP contribution in [-0.4, -0.2) is 9.55 Å². The summed E-state index contributed by atoms with van der Waals surface area (Å²) >= 11 is 0. The molecule has 0 bridgehead atoms. The van der Waals surface area contributed by atoms with E-state index in [2.05, 4.69) is 24.9 Å². The Morgan fingerprint density at radius 1 is 1.62 bits per heavy atom. The lowest BCUT2D eigenvalue weighted by atomic mass is 10.1. The van der Waals surface area contributed by atoms with Crippen molar-refractivity contribution in [3.05, 3.63) is 17.7 Å². The monoisotopic (exact) mass is 177 g/mol. The lowest BCUT2D eigenvalue weighted by molar-refractivity contribution is 0.581. The fourth-order valence-electron chi connectivity index (χ4n) is 1.23. The molecule has 1 rings (SSSR count). The quantitative estimate of drug-likeness (QED) is 0.707. The maximum absolute atomic E-state index is 8.84. The molecular formula is C10H15N3. The van der Waals surface area contributed by atoms with Crippen LogP contribution in [0.2, 0.25) is 0 Å². The molecule has 0 aliphatic carbocycles. The van der Waals surface area contributed by atoms with E-state index in [1.807, 2.05) is 7.05 Å². The molecule has 0 saturated heterocycles. The van der Waals surface area contributed by atoms with E-state index in [1.165, 1.54) is 0 Å². The average molecular weight is 177 g/mol. The molecule has 0 spiro atoms. The minimum absolute atomic E-state index is 0.661. The molecular weight excluding hydrogens is 162 g/mol. The lowest BCUT2D eigenvalue weighted by Gasteiger charge is -2.01. The van der Waals surface area contributed by atoms with Gasteiger partial charge in [0.15, 0.2) is 0 Å². The standard InChI is InChI=1S/C10H15N3/c1-8(2)4-5-9-10(6-11)13(3)7-12-9/h7-8H,4-5H2,1-3H3. The minimum atomic E-state index is 0.661. The van der Waals surface area contributed by atoms with E-state index in [-0.39, 0.29) is 0 Å². The van der Waals surface area contributed by atoms with Gasteiger partial charge in [-0.05, 0) is 18.8 Å². The summed E-state index contributed by atoms with van der Waals surface area (Å²) in [6.07, 6.45) is 3.70. The Bertz CT molecular complexity index is 317. The molecule has 0 N–H and O–H groups in total. The average Bonchev–Trinajstić information content (AvgIpc) is 2.42. The zero-order chi connectivity index (χ0) is 9.84. The molecule has 1 heterocycles. The molecule has 1 aromatic rings. The molecule has 13 heavy (non-hydrogen) atoms. The zero-order valence-electron chi connectivity index (χ0n) is 8.41. The Morgan fingerprint density at radius 3 is 2.85 bits per heavy atom. The van der Waals surface area contributed by atoms with Crippen LogP contribution in [-0.2, 0) is 13.5 Å². The normalized spacial score (nSPS) is 10.4. The Hall–Kier alpha value is -1.30. The molecule has 3 heteroatoms. The highest BCUT2D eigenvalue weighted by atomic mass is 15.0. The molecule has 3 nitrogen and oxygen atoms in total. The molecule has 0 fully saturated rings. The summed E-state index contributed by atoms with van der Waals surface area (Å²) in [5.74, 6) is 0.661. The van der Waals surface area contributed by atoms with Crippen molar-refractivity contribution in [2.45, 2.75) is 26.7 Å². The first-order chi connectivity index (χ1) is 6.15. The zero-order valence-corrected chi connectivity index (χ0v) is 8.41. The van der Waals surface area contributed by atoms with E-state index in [9.17, 15) is 0 Å². The van der Waals surface area contributed by atoms with Crippen LogP contribution in [0, 0.1) is 17.2 Å². The Labute approximate surface area is 79.0 Å². The largest absolute Gasteiger partial charge is 0.325 e. The number of hydrogen-bond donors (Lipinski definition) is 0. The van der Waals surface area contributed by atoms with E-state index < -0.39 is 0 Å². The molecule has 70 valence electrons. The van der Waals surface area contributed by atoms with Gasteiger partial charge in [-0.2, -0.15) is 5.26 Å². The molecule has 0 aromatic carbocycles. The Morgan fingerprint density at radius 2 is 2.31 bits per heavy atom. The molecule has 0 aliphatic heterocycles. The molecule has 0 atom stereocenters. The van der Waals surface area contributed by atoms with Crippen molar-refractivity contribution in [2.75, 3.05) is 0 Å². The van der Waals surface area contributed by atoms with Crippen molar-refractivity contribution in [2.24, 2.45) is 13.0 Å². The van der Waals surface area contributed by atoms with Crippen LogP contribution in [0.3, 0.4) is 0 Å². The number of aryl methyl sites for hydroxylation is 2. The maximum atomic E-state index is 8.84. The van der Waals surface area contributed by atoms with Crippen molar-refractivity contribution in [3.8, 4) is 6.07 Å². The first kappa shape index (κ1) is 9.79. The second-order valence-electron chi connectivity index (χ2n) is 3.70. The maximum Gasteiger partial charge on any atom is 0.142 e. The predicted molar refractivity (Wildman–Crippen MR) is 51.1 cm³/mol. The van der Waals surface area contributed by atoms with Gasteiger partial charge in [0.25, 0.3) is 0 Å². The van der Waals surface area contributed by atoms with Crippen LogP contribution in [0.1, 0.15) is 31.7 Å². The number of nitrogens with zero attached hydrogens (tertiary/aromatic N) is 3. The number of hydrogen-bond acceptors (Lipinski definition) is 2. The van der Waals surface area contributed by atoms with Crippen LogP contribution >= 0.6 is 0 Å². The van der Waals surface area contributed by atoms with Gasteiger partial charge in [-0.25, -0.2) is 4.98 Å². The summed E-state index contributed by atoms with van der Waals surface area (Å²) in [5, 5.41) is 8.84. The van der Waals surface area contributed by atoms with E-state index in [4.69, 9.17) is 5.26 Å². The van der Waals surface area contributed by atoms with Gasteiger partial charge < -0.3 is 4.57 Å². The van der Waals surface area contributed by atoms with Crippen molar-refractivity contribution < 1.29 is 0 Å². The van der Waals surface area contributed by atoms with Crippen molar-refractivity contribution in [1.82, 2.24) is 9.55 Å². The van der Waals surface area contributed by atoms with Crippen molar-refractivity contribution >= 4 is 0 Å². The summed E-state index contributed by atoms with van der Waals surface area (Å²) in [6.45, 7) is 4.35. The smallest absolute Gasteiger partial charge is 0.142 e. The van der Waals surface area contributed by atoms with Crippen LogP contribution in [0.15, 0.2) is 6.33 Å². The highest BCUT2D eigenvalue weighted by Gasteiger charge is 2.07. The third-order valence-electron chi connectivity index (χ3n) is 2.08. The number of nitriles is 1. The molecule has 0 unspecified atom stereocenters. The molecule has 0 amide bonds. The van der Waals surface area contributed by atoms with Gasteiger partial charge in [0.1, 0.15) is 11.8 Å². The van der Waals surface area contributed by atoms with Crippen LogP contribution in [0.4, 0.5) is 0 Å². The number of aromatic nitrogens is 2. The van der Waals surface area contributed by atoms with Crippen LogP contribution in [0.25, 0.3) is 0 Å². The van der Waals surface area contributed by atoms with Gasteiger partial charge in [-0.15, -0.1) is 0 Å². The van der Waals surface area contributed by atoms with Crippen LogP contribution < -0.4 is 0 Å². The first-order valence-electron chi connectivity index (χ1n) is 4.55. The van der Waals surface area contributed by atoms with Gasteiger partial charge in [0.05, 0.1) is 12.0 Å². The molecule has 1 aromatic heterocycles. The Kier molecular flexibility index (Phi) is 3.07. The molecule has 0 aliphatic rings. The highest BCUT2D eigenvalue weighted by Crippen LogP contribution is 2.10. The van der Waals surface area contributed by atoms with E-state index in [1.54, 1.807) is 10.9 Å². The third kappa shape index (κ3) is 2.32. The minimum Gasteiger partial charge on any atom is -0.325 e. The fourth-order valence-corrected chi connectivity index (χ4v) is 1.23. The predicted octanol–water partition coefficient (Wildman–Crippen LogP) is 1.88. The lowest BCUT2D eigenvalue weighted by Crippen LogP contribution is -1.97. The van der Waals surface area contributed by atoms with Gasteiger partial charge in [0.2, 0.25) is 0 Å². The summed E-state index contributed by atoms with van der Waals surface area (Å²) in [6, 6.07) is 2.17. The second-order valence-corrected chi connectivity index (χ2v) is 3.70. The SMILES string of the molecule is CC(C)CCc1ncn(C)c1C#N. The highest BCUT2D eigenvalue weighted by molar-refractivity contribution is 5.26. The van der Waals surface area contributed by atoms with E-state index in [0.29, 0.717) is 11.6 Å². The van der Waals surface area contributed by atoms with Crippen molar-refractivity contribution in [3.63, 3.8) is 0 Å². The van der Waals surface area contributed by atoms with Gasteiger partial charge >= 0.3 is 0 Å². The third-order valence-corrected chi connectivity index (χ3v) is 2.08. The van der Waals surface area contributed by atoms with Gasteiger partial charge in [0, 0.05) is 7.05 Å². The fraction of sp³-hybridized carbons (Fsp3) is 0.600. The molecule has 0 saturated carbocycles. The van der Waals surface area contributed by atoms with Gasteiger partial charge in [-0.1, -0.05) is 13.8 Å².